The first-order chi connectivity index (χ1) is 9.29. The zero-order valence-corrected chi connectivity index (χ0v) is 13.4. The smallest absolute Gasteiger partial charge is 0.399 e. The average Bonchev–Trinajstić information content (AvgIpc) is 2.23. The predicted molar refractivity (Wildman–Crippen MR) is 73.5 cm³/mol. The molecule has 21 heavy (non-hydrogen) atoms. The largest absolute Gasteiger partial charge is 0.422 e. The summed E-state index contributed by atoms with van der Waals surface area (Å²) in [7, 11) is -2.64. The highest BCUT2D eigenvalue weighted by molar-refractivity contribution is 6.69. The first-order valence-corrected chi connectivity index (χ1v) is 9.58. The first kappa shape index (κ1) is 17.6. The van der Waals surface area contributed by atoms with Crippen LogP contribution in [0.5, 0.6) is 0 Å². The van der Waals surface area contributed by atoms with E-state index in [0.717, 1.165) is 13.1 Å². The van der Waals surface area contributed by atoms with Gasteiger partial charge in [-0.25, -0.2) is 0 Å². The lowest BCUT2D eigenvalue weighted by atomic mass is 9.97. The van der Waals surface area contributed by atoms with Crippen molar-refractivity contribution in [2.24, 2.45) is 0 Å². The van der Waals surface area contributed by atoms with E-state index in [-0.39, 0.29) is 5.56 Å². The Kier molecular flexibility index (Phi) is 4.50. The Labute approximate surface area is 121 Å². The number of nitrogens with zero attached hydrogens (tertiary/aromatic N) is 2. The lowest BCUT2D eigenvalue weighted by Gasteiger charge is -2.36. The summed E-state index contributed by atoms with van der Waals surface area (Å²) in [5.74, 6) is 0. The highest BCUT2D eigenvalue weighted by Gasteiger charge is 2.59. The van der Waals surface area contributed by atoms with Crippen molar-refractivity contribution in [3.8, 4) is 0 Å². The molecule has 0 saturated carbocycles. The number of halogens is 3. The van der Waals surface area contributed by atoms with E-state index < -0.39 is 36.4 Å². The van der Waals surface area contributed by atoms with Crippen LogP contribution in [0, 0.1) is 17.0 Å². The van der Waals surface area contributed by atoms with E-state index in [1.54, 1.807) is 19.6 Å². The maximum absolute atomic E-state index is 13.5. The standard InChI is InChI=1S/C12H17F3N2O3Si/c1-8-6-7-16-10(9(8)17(18)19)11(2,12(13,14)15)20-21(3,4)5/h6-7H,1-5H3. The molecule has 0 saturated heterocycles. The van der Waals surface area contributed by atoms with Crippen molar-refractivity contribution in [2.45, 2.75) is 45.3 Å². The number of hydrogen-bond donors (Lipinski definition) is 0. The molecule has 1 aromatic heterocycles. The minimum atomic E-state index is -4.82. The van der Waals surface area contributed by atoms with Crippen LogP contribution in [0.3, 0.4) is 0 Å². The van der Waals surface area contributed by atoms with Gasteiger partial charge in [-0.15, -0.1) is 0 Å². The van der Waals surface area contributed by atoms with Crippen LogP contribution < -0.4 is 0 Å². The molecule has 0 aromatic carbocycles. The summed E-state index contributed by atoms with van der Waals surface area (Å²) in [4.78, 5) is 13.9. The van der Waals surface area contributed by atoms with Crippen LogP contribution in [0.15, 0.2) is 12.3 Å². The summed E-state index contributed by atoms with van der Waals surface area (Å²) in [5.41, 5.74) is -4.07. The van der Waals surface area contributed by atoms with E-state index in [9.17, 15) is 23.3 Å². The molecule has 0 amide bonds. The Hall–Kier alpha value is -1.48. The van der Waals surface area contributed by atoms with E-state index in [0.29, 0.717) is 0 Å². The van der Waals surface area contributed by atoms with Crippen LogP contribution in [0.1, 0.15) is 18.2 Å². The van der Waals surface area contributed by atoms with Crippen molar-refractivity contribution >= 4 is 14.0 Å². The minimum absolute atomic E-state index is 0.111. The van der Waals surface area contributed by atoms with Crippen molar-refractivity contribution in [1.82, 2.24) is 4.98 Å². The number of hydrogen-bond acceptors (Lipinski definition) is 4. The molecule has 0 spiro atoms. The quantitative estimate of drug-likeness (QED) is 0.478. The van der Waals surface area contributed by atoms with Gasteiger partial charge in [0.2, 0.25) is 0 Å². The number of nitro groups is 1. The Morgan fingerprint density at radius 1 is 1.33 bits per heavy atom. The molecule has 1 heterocycles. The zero-order valence-electron chi connectivity index (χ0n) is 12.4. The number of rotatable bonds is 4. The summed E-state index contributed by atoms with van der Waals surface area (Å²) in [6.07, 6.45) is -3.70. The molecule has 1 atom stereocenters. The number of alkyl halides is 3. The van der Waals surface area contributed by atoms with Crippen molar-refractivity contribution in [3.05, 3.63) is 33.6 Å². The van der Waals surface area contributed by atoms with Gasteiger partial charge in [0.25, 0.3) is 5.69 Å². The van der Waals surface area contributed by atoms with Gasteiger partial charge in [-0.05, 0) is 39.6 Å². The van der Waals surface area contributed by atoms with Crippen LogP contribution >= 0.6 is 0 Å². The summed E-state index contributed by atoms with van der Waals surface area (Å²) in [6, 6.07) is 1.30. The summed E-state index contributed by atoms with van der Waals surface area (Å²) < 4.78 is 45.9. The number of aromatic nitrogens is 1. The molecule has 0 bridgehead atoms. The van der Waals surface area contributed by atoms with Gasteiger partial charge in [0.1, 0.15) is 0 Å². The Balaban J connectivity index is 3.63. The lowest BCUT2D eigenvalue weighted by molar-refractivity contribution is -0.389. The Bertz CT molecular complexity index is 558. The van der Waals surface area contributed by atoms with E-state index in [1.807, 2.05) is 0 Å². The lowest BCUT2D eigenvalue weighted by Crippen LogP contribution is -2.49. The van der Waals surface area contributed by atoms with Crippen molar-refractivity contribution < 1.29 is 22.5 Å². The summed E-state index contributed by atoms with van der Waals surface area (Å²) in [6.45, 7) is 6.91. The molecule has 9 heteroatoms. The molecular formula is C12H17F3N2O3Si. The van der Waals surface area contributed by atoms with Crippen LogP contribution in [-0.2, 0) is 10.0 Å². The van der Waals surface area contributed by atoms with Gasteiger partial charge in [0.15, 0.2) is 19.6 Å². The maximum Gasteiger partial charge on any atom is 0.422 e. The molecule has 1 rings (SSSR count). The number of pyridine rings is 1. The molecule has 0 aliphatic carbocycles. The molecule has 5 nitrogen and oxygen atoms in total. The van der Waals surface area contributed by atoms with Gasteiger partial charge in [-0.2, -0.15) is 13.2 Å². The van der Waals surface area contributed by atoms with E-state index >= 15 is 0 Å². The number of aryl methyl sites for hydroxylation is 1. The topological polar surface area (TPSA) is 65.3 Å². The predicted octanol–water partition coefficient (Wildman–Crippen LogP) is 3.93. The second-order valence-electron chi connectivity index (χ2n) is 5.83. The van der Waals surface area contributed by atoms with Crippen molar-refractivity contribution in [1.29, 1.82) is 0 Å². The molecule has 0 N–H and O–H groups in total. The van der Waals surface area contributed by atoms with E-state index in [1.165, 1.54) is 13.0 Å². The van der Waals surface area contributed by atoms with Crippen LogP contribution in [0.4, 0.5) is 18.9 Å². The molecule has 1 unspecified atom stereocenters. The maximum atomic E-state index is 13.5. The molecule has 0 radical (unpaired) electrons. The Morgan fingerprint density at radius 2 is 1.86 bits per heavy atom. The van der Waals surface area contributed by atoms with Gasteiger partial charge in [-0.1, -0.05) is 0 Å². The van der Waals surface area contributed by atoms with Gasteiger partial charge >= 0.3 is 6.18 Å². The fourth-order valence-corrected chi connectivity index (χ4v) is 3.42. The molecule has 0 aliphatic rings. The van der Waals surface area contributed by atoms with Crippen molar-refractivity contribution in [3.63, 3.8) is 0 Å². The highest BCUT2D eigenvalue weighted by atomic mass is 28.4. The van der Waals surface area contributed by atoms with Gasteiger partial charge in [-0.3, -0.25) is 15.1 Å². The summed E-state index contributed by atoms with van der Waals surface area (Å²) >= 11 is 0. The van der Waals surface area contributed by atoms with Gasteiger partial charge in [0, 0.05) is 11.8 Å². The average molecular weight is 322 g/mol. The highest BCUT2D eigenvalue weighted by Crippen LogP contribution is 2.46. The van der Waals surface area contributed by atoms with Crippen LogP contribution in [-0.4, -0.2) is 24.4 Å². The van der Waals surface area contributed by atoms with E-state index in [2.05, 4.69) is 4.98 Å². The van der Waals surface area contributed by atoms with Gasteiger partial charge in [0.05, 0.1) is 4.92 Å². The normalized spacial score (nSPS) is 15.6. The SMILES string of the molecule is Cc1ccnc(C(C)(O[Si](C)(C)C)C(F)(F)F)c1[N+](=O)[O-]. The van der Waals surface area contributed by atoms with Crippen molar-refractivity contribution in [2.75, 3.05) is 0 Å². The van der Waals surface area contributed by atoms with Crippen LogP contribution in [0.25, 0.3) is 0 Å². The Morgan fingerprint density at radius 3 is 2.24 bits per heavy atom. The third kappa shape index (κ3) is 3.59. The fourth-order valence-electron chi connectivity index (χ4n) is 1.98. The third-order valence-electron chi connectivity index (χ3n) is 2.81. The summed E-state index contributed by atoms with van der Waals surface area (Å²) in [5, 5.41) is 11.1. The fraction of sp³-hybridized carbons (Fsp3) is 0.583. The second-order valence-corrected chi connectivity index (χ2v) is 10.3. The molecule has 0 fully saturated rings. The first-order valence-electron chi connectivity index (χ1n) is 6.17. The second kappa shape index (κ2) is 5.37. The molecule has 118 valence electrons. The molecular weight excluding hydrogens is 305 g/mol. The molecule has 0 aliphatic heterocycles. The third-order valence-corrected chi connectivity index (χ3v) is 3.83. The van der Waals surface area contributed by atoms with Crippen LogP contribution in [0.2, 0.25) is 19.6 Å². The molecule has 1 aromatic rings. The minimum Gasteiger partial charge on any atom is -0.399 e. The monoisotopic (exact) mass is 322 g/mol. The van der Waals surface area contributed by atoms with E-state index in [4.69, 9.17) is 4.43 Å². The van der Waals surface area contributed by atoms with Gasteiger partial charge < -0.3 is 4.43 Å². The zero-order chi connectivity index (χ0) is 16.6.